The number of rotatable bonds is 5. The zero-order valence-electron chi connectivity index (χ0n) is 11.7. The lowest BCUT2D eigenvalue weighted by atomic mass is 10.0. The van der Waals surface area contributed by atoms with Gasteiger partial charge in [-0.2, -0.15) is 0 Å². The molecular weight excluding hydrogens is 260 g/mol. The predicted octanol–water partition coefficient (Wildman–Crippen LogP) is 0.136. The Bertz CT molecular complexity index is 500. The van der Waals surface area contributed by atoms with Crippen molar-refractivity contribution in [2.45, 2.75) is 45.3 Å². The van der Waals surface area contributed by atoms with Crippen molar-refractivity contribution in [2.24, 2.45) is 0 Å². The number of carbonyl (C=O) groups is 2. The number of likely N-dealkylation sites (N-methyl/N-ethyl adjacent to an activating group) is 1. The van der Waals surface area contributed by atoms with Crippen molar-refractivity contribution in [1.82, 2.24) is 20.2 Å². The molecule has 2 rings (SSSR count). The second kappa shape index (κ2) is 6.04. The van der Waals surface area contributed by atoms with E-state index in [-0.39, 0.29) is 24.4 Å². The molecule has 0 saturated heterocycles. The van der Waals surface area contributed by atoms with Crippen molar-refractivity contribution >= 4 is 11.9 Å². The molecule has 1 aliphatic rings. The molecule has 0 radical (unpaired) electrons. The molecule has 0 fully saturated rings. The van der Waals surface area contributed by atoms with Crippen LogP contribution in [-0.4, -0.2) is 50.5 Å². The van der Waals surface area contributed by atoms with Gasteiger partial charge in [-0.1, -0.05) is 0 Å². The molecule has 3 N–H and O–H groups in total. The van der Waals surface area contributed by atoms with Crippen LogP contribution in [0.15, 0.2) is 6.33 Å². The van der Waals surface area contributed by atoms with Crippen LogP contribution in [0, 0.1) is 0 Å². The van der Waals surface area contributed by atoms with Crippen molar-refractivity contribution in [3.8, 4) is 0 Å². The van der Waals surface area contributed by atoms with Crippen LogP contribution in [0.5, 0.6) is 0 Å². The number of aromatic nitrogens is 2. The Labute approximate surface area is 117 Å². The van der Waals surface area contributed by atoms with Gasteiger partial charge in [-0.05, 0) is 13.8 Å². The van der Waals surface area contributed by atoms with Crippen LogP contribution in [-0.2, 0) is 22.6 Å². The Balaban J connectivity index is 2.04. The molecule has 7 nitrogen and oxygen atoms in total. The van der Waals surface area contributed by atoms with Crippen LogP contribution < -0.4 is 5.32 Å². The van der Waals surface area contributed by atoms with E-state index < -0.39 is 5.97 Å². The number of hydrogen-bond donors (Lipinski definition) is 3. The van der Waals surface area contributed by atoms with Crippen LogP contribution in [0.25, 0.3) is 0 Å². The number of fused-ring (bicyclic) bond motifs is 1. The summed E-state index contributed by atoms with van der Waals surface area (Å²) in [5.74, 6) is -0.954. The number of nitrogens with zero attached hydrogens (tertiary/aromatic N) is 2. The summed E-state index contributed by atoms with van der Waals surface area (Å²) in [4.78, 5) is 32.2. The molecule has 20 heavy (non-hydrogen) atoms. The third-order valence-corrected chi connectivity index (χ3v) is 3.65. The Morgan fingerprint density at radius 3 is 3.00 bits per heavy atom. The summed E-state index contributed by atoms with van der Waals surface area (Å²) in [6, 6.07) is -0.644. The SMILES string of the molecule is CCN(C(=O)C1Cc2nc[nH]c2CN1)C(C)CC(=O)O. The largest absolute Gasteiger partial charge is 0.481 e. The first-order valence-electron chi connectivity index (χ1n) is 6.79. The van der Waals surface area contributed by atoms with E-state index >= 15 is 0 Å². The maximum absolute atomic E-state index is 12.5. The van der Waals surface area contributed by atoms with Gasteiger partial charge < -0.3 is 15.0 Å². The fourth-order valence-electron chi connectivity index (χ4n) is 2.59. The maximum Gasteiger partial charge on any atom is 0.305 e. The minimum Gasteiger partial charge on any atom is -0.481 e. The van der Waals surface area contributed by atoms with Gasteiger partial charge in [0.25, 0.3) is 0 Å². The molecule has 2 atom stereocenters. The van der Waals surface area contributed by atoms with Gasteiger partial charge >= 0.3 is 5.97 Å². The molecule has 2 unspecified atom stereocenters. The van der Waals surface area contributed by atoms with Gasteiger partial charge in [0, 0.05) is 25.6 Å². The topological polar surface area (TPSA) is 98.3 Å². The number of H-pyrrole nitrogens is 1. The summed E-state index contributed by atoms with van der Waals surface area (Å²) in [7, 11) is 0. The van der Waals surface area contributed by atoms with E-state index in [0.29, 0.717) is 19.5 Å². The summed E-state index contributed by atoms with van der Waals surface area (Å²) in [5, 5.41) is 12.0. The van der Waals surface area contributed by atoms with E-state index in [2.05, 4.69) is 15.3 Å². The molecule has 7 heteroatoms. The van der Waals surface area contributed by atoms with Crippen LogP contribution in [0.2, 0.25) is 0 Å². The van der Waals surface area contributed by atoms with Gasteiger partial charge in [0.1, 0.15) is 0 Å². The number of imidazole rings is 1. The van der Waals surface area contributed by atoms with Crippen LogP contribution in [0.4, 0.5) is 0 Å². The molecule has 2 heterocycles. The number of hydrogen-bond acceptors (Lipinski definition) is 4. The highest BCUT2D eigenvalue weighted by Crippen LogP contribution is 2.15. The zero-order chi connectivity index (χ0) is 14.7. The highest BCUT2D eigenvalue weighted by molar-refractivity contribution is 5.83. The van der Waals surface area contributed by atoms with E-state index in [1.54, 1.807) is 18.2 Å². The minimum absolute atomic E-state index is 0.0417. The first-order valence-corrected chi connectivity index (χ1v) is 6.79. The van der Waals surface area contributed by atoms with Crippen LogP contribution >= 0.6 is 0 Å². The normalized spacial score (nSPS) is 19.2. The number of carbonyl (C=O) groups excluding carboxylic acids is 1. The van der Waals surface area contributed by atoms with E-state index in [0.717, 1.165) is 11.4 Å². The molecule has 1 amide bonds. The molecule has 1 aliphatic heterocycles. The number of nitrogens with one attached hydrogen (secondary N) is 2. The molecule has 0 aromatic carbocycles. The second-order valence-electron chi connectivity index (χ2n) is 5.04. The van der Waals surface area contributed by atoms with E-state index in [1.807, 2.05) is 6.92 Å². The summed E-state index contributed by atoms with van der Waals surface area (Å²) >= 11 is 0. The Morgan fingerprint density at radius 2 is 2.35 bits per heavy atom. The molecule has 1 aromatic rings. The molecule has 0 aliphatic carbocycles. The number of amides is 1. The fourth-order valence-corrected chi connectivity index (χ4v) is 2.59. The third kappa shape index (κ3) is 2.98. The zero-order valence-corrected chi connectivity index (χ0v) is 11.7. The smallest absolute Gasteiger partial charge is 0.305 e. The lowest BCUT2D eigenvalue weighted by Crippen LogP contribution is -2.52. The Morgan fingerprint density at radius 1 is 1.60 bits per heavy atom. The molecule has 110 valence electrons. The highest BCUT2D eigenvalue weighted by atomic mass is 16.4. The van der Waals surface area contributed by atoms with Gasteiger partial charge in [0.15, 0.2) is 0 Å². The predicted molar refractivity (Wildman–Crippen MR) is 72.0 cm³/mol. The highest BCUT2D eigenvalue weighted by Gasteiger charge is 2.31. The number of carboxylic acids is 1. The van der Waals surface area contributed by atoms with E-state index in [1.165, 1.54) is 0 Å². The lowest BCUT2D eigenvalue weighted by Gasteiger charge is -2.32. The van der Waals surface area contributed by atoms with E-state index in [4.69, 9.17) is 5.11 Å². The van der Waals surface area contributed by atoms with Gasteiger partial charge in [-0.3, -0.25) is 14.9 Å². The third-order valence-electron chi connectivity index (χ3n) is 3.65. The first kappa shape index (κ1) is 14.5. The second-order valence-corrected chi connectivity index (χ2v) is 5.04. The summed E-state index contributed by atoms with van der Waals surface area (Å²) in [6.07, 6.45) is 2.12. The van der Waals surface area contributed by atoms with Gasteiger partial charge in [0.05, 0.1) is 30.2 Å². The quantitative estimate of drug-likeness (QED) is 0.712. The lowest BCUT2D eigenvalue weighted by molar-refractivity contribution is -0.141. The average molecular weight is 280 g/mol. The standard InChI is InChI=1S/C13H20N4O3/c1-3-17(8(2)4-12(18)19)13(20)10-5-9-11(6-14-10)16-7-15-9/h7-8,10,14H,3-6H2,1-2H3,(H,15,16)(H,18,19). The van der Waals surface area contributed by atoms with Crippen molar-refractivity contribution in [2.75, 3.05) is 6.54 Å². The minimum atomic E-state index is -0.894. The number of carboxylic acid groups (broad SMARTS) is 1. The molecule has 0 saturated carbocycles. The summed E-state index contributed by atoms with van der Waals surface area (Å²) in [6.45, 7) is 4.70. The van der Waals surface area contributed by atoms with E-state index in [9.17, 15) is 9.59 Å². The number of aromatic amines is 1. The number of aliphatic carboxylic acids is 1. The molecule has 0 spiro atoms. The van der Waals surface area contributed by atoms with Gasteiger partial charge in [-0.25, -0.2) is 4.98 Å². The monoisotopic (exact) mass is 280 g/mol. The average Bonchev–Trinajstić information content (AvgIpc) is 2.85. The van der Waals surface area contributed by atoms with Crippen molar-refractivity contribution in [3.05, 3.63) is 17.7 Å². The summed E-state index contributed by atoms with van der Waals surface area (Å²) < 4.78 is 0. The van der Waals surface area contributed by atoms with Crippen molar-refractivity contribution < 1.29 is 14.7 Å². The fraction of sp³-hybridized carbons (Fsp3) is 0.615. The molecular formula is C13H20N4O3. The van der Waals surface area contributed by atoms with Crippen molar-refractivity contribution in [1.29, 1.82) is 0 Å². The first-order chi connectivity index (χ1) is 9.52. The maximum atomic E-state index is 12.5. The Hall–Kier alpha value is -1.89. The molecule has 0 bridgehead atoms. The molecule has 1 aromatic heterocycles. The van der Waals surface area contributed by atoms with Crippen molar-refractivity contribution in [3.63, 3.8) is 0 Å². The van der Waals surface area contributed by atoms with Crippen LogP contribution in [0.1, 0.15) is 31.7 Å². The van der Waals surface area contributed by atoms with Gasteiger partial charge in [0.2, 0.25) is 5.91 Å². The van der Waals surface area contributed by atoms with Crippen LogP contribution in [0.3, 0.4) is 0 Å². The van der Waals surface area contributed by atoms with Gasteiger partial charge in [-0.15, -0.1) is 0 Å². The Kier molecular flexibility index (Phi) is 4.39. The summed E-state index contributed by atoms with van der Waals surface area (Å²) in [5.41, 5.74) is 1.92.